The van der Waals surface area contributed by atoms with Gasteiger partial charge >= 0.3 is 0 Å². The number of benzene rings is 2. The summed E-state index contributed by atoms with van der Waals surface area (Å²) in [5.41, 5.74) is 0.322. The highest BCUT2D eigenvalue weighted by atomic mass is 32.2. The monoisotopic (exact) mass is 420 g/mol. The maximum absolute atomic E-state index is 14.0. The summed E-state index contributed by atoms with van der Waals surface area (Å²) < 4.78 is 42.9. The fourth-order valence-electron chi connectivity index (χ4n) is 3.44. The summed E-state index contributed by atoms with van der Waals surface area (Å²) in [6.45, 7) is 1.52. The second kappa shape index (κ2) is 8.92. The van der Waals surface area contributed by atoms with Gasteiger partial charge in [-0.15, -0.1) is 0 Å². The molecule has 2 aromatic rings. The second-order valence-corrected chi connectivity index (χ2v) is 9.19. The summed E-state index contributed by atoms with van der Waals surface area (Å²) in [4.78, 5) is 16.4. The minimum absolute atomic E-state index is 0.0978. The number of ether oxygens (including phenoxy) is 1. The predicted octanol–water partition coefficient (Wildman–Crippen LogP) is 2.74. The molecule has 1 amide bonds. The minimum Gasteiger partial charge on any atom is -0.494 e. The Kier molecular flexibility index (Phi) is 6.54. The van der Waals surface area contributed by atoms with Gasteiger partial charge in [0.05, 0.1) is 23.2 Å². The summed E-state index contributed by atoms with van der Waals surface area (Å²) in [5.74, 6) is 0.00602. The lowest BCUT2D eigenvalue weighted by Crippen LogP contribution is -2.40. The molecule has 1 aliphatic heterocycles. The Bertz CT molecular complexity index is 980. The van der Waals surface area contributed by atoms with Crippen LogP contribution in [-0.2, 0) is 14.6 Å². The Hall–Kier alpha value is -2.45. The van der Waals surface area contributed by atoms with Gasteiger partial charge in [-0.05, 0) is 50.2 Å². The van der Waals surface area contributed by atoms with Crippen LogP contribution in [0.25, 0.3) is 0 Å². The van der Waals surface area contributed by atoms with Crippen molar-refractivity contribution in [2.24, 2.45) is 0 Å². The quantitative estimate of drug-likeness (QED) is 0.615. The van der Waals surface area contributed by atoms with Crippen LogP contribution in [0.4, 0.5) is 10.1 Å². The number of anilines is 1. The van der Waals surface area contributed by atoms with Crippen molar-refractivity contribution in [1.29, 1.82) is 0 Å². The molecule has 0 N–H and O–H groups in total. The highest BCUT2D eigenvalue weighted by Gasteiger charge is 2.35. The number of hydrogen-bond donors (Lipinski definition) is 0. The molecule has 3 rings (SSSR count). The van der Waals surface area contributed by atoms with Gasteiger partial charge in [-0.25, -0.2) is 12.8 Å². The number of likely N-dealkylation sites (N-methyl/N-ethyl adjacent to an activating group) is 1. The maximum atomic E-state index is 14.0. The molecule has 1 unspecified atom stereocenters. The fourth-order valence-corrected chi connectivity index (χ4v) is 4.09. The molecule has 8 heteroatoms. The summed E-state index contributed by atoms with van der Waals surface area (Å²) >= 11 is 0. The first kappa shape index (κ1) is 21.3. The van der Waals surface area contributed by atoms with Crippen molar-refractivity contribution in [2.45, 2.75) is 23.8 Å². The molecular weight excluding hydrogens is 395 g/mol. The Morgan fingerprint density at radius 3 is 2.69 bits per heavy atom. The number of para-hydroxylation sites is 1. The molecule has 1 heterocycles. The average Bonchev–Trinajstić information content (AvgIpc) is 3.06. The van der Waals surface area contributed by atoms with Crippen molar-refractivity contribution in [2.75, 3.05) is 37.9 Å². The van der Waals surface area contributed by atoms with Gasteiger partial charge in [0.1, 0.15) is 11.6 Å². The van der Waals surface area contributed by atoms with Gasteiger partial charge in [-0.1, -0.05) is 18.2 Å². The molecule has 29 heavy (non-hydrogen) atoms. The molecule has 0 bridgehead atoms. The van der Waals surface area contributed by atoms with E-state index < -0.39 is 15.7 Å². The Morgan fingerprint density at radius 1 is 1.21 bits per heavy atom. The molecule has 0 saturated carbocycles. The minimum atomic E-state index is -3.27. The van der Waals surface area contributed by atoms with Crippen LogP contribution in [0.3, 0.4) is 0 Å². The molecule has 1 atom stereocenters. The van der Waals surface area contributed by atoms with E-state index in [4.69, 9.17) is 4.74 Å². The number of hydrogen-bond acceptors (Lipinski definition) is 5. The lowest BCUT2D eigenvalue weighted by Gasteiger charge is -2.24. The van der Waals surface area contributed by atoms with Crippen LogP contribution in [0.5, 0.6) is 5.75 Å². The summed E-state index contributed by atoms with van der Waals surface area (Å²) in [6.07, 6.45) is 2.47. The van der Waals surface area contributed by atoms with Crippen molar-refractivity contribution in [3.63, 3.8) is 0 Å². The highest BCUT2D eigenvalue weighted by molar-refractivity contribution is 7.90. The van der Waals surface area contributed by atoms with Crippen LogP contribution in [0.2, 0.25) is 0 Å². The van der Waals surface area contributed by atoms with Crippen molar-refractivity contribution in [3.8, 4) is 5.75 Å². The molecule has 156 valence electrons. The van der Waals surface area contributed by atoms with Crippen LogP contribution < -0.4 is 9.64 Å². The molecule has 1 aliphatic rings. The molecule has 0 aliphatic carbocycles. The fraction of sp³-hybridized carbons (Fsp3) is 0.381. The van der Waals surface area contributed by atoms with E-state index in [2.05, 4.69) is 0 Å². The number of amides is 1. The van der Waals surface area contributed by atoms with E-state index in [1.165, 1.54) is 23.1 Å². The number of halogens is 1. The van der Waals surface area contributed by atoms with E-state index in [0.29, 0.717) is 44.0 Å². The third-order valence-corrected chi connectivity index (χ3v) is 6.12. The van der Waals surface area contributed by atoms with Crippen molar-refractivity contribution in [3.05, 3.63) is 54.3 Å². The average molecular weight is 421 g/mol. The molecule has 6 nitrogen and oxygen atoms in total. The molecule has 1 fully saturated rings. The van der Waals surface area contributed by atoms with E-state index in [0.717, 1.165) is 6.26 Å². The van der Waals surface area contributed by atoms with Gasteiger partial charge < -0.3 is 9.64 Å². The van der Waals surface area contributed by atoms with E-state index >= 15 is 0 Å². The van der Waals surface area contributed by atoms with Crippen LogP contribution in [0.1, 0.15) is 12.8 Å². The van der Waals surface area contributed by atoms with Crippen LogP contribution in [0.15, 0.2) is 53.4 Å². The summed E-state index contributed by atoms with van der Waals surface area (Å²) in [6, 6.07) is 12.4. The van der Waals surface area contributed by atoms with Gasteiger partial charge in [-0.3, -0.25) is 9.69 Å². The maximum Gasteiger partial charge on any atom is 0.244 e. The number of carbonyl (C=O) groups is 1. The third-order valence-electron chi connectivity index (χ3n) is 5.01. The molecule has 1 saturated heterocycles. The van der Waals surface area contributed by atoms with Gasteiger partial charge in [0.25, 0.3) is 0 Å². The Morgan fingerprint density at radius 2 is 1.97 bits per heavy atom. The van der Waals surface area contributed by atoms with Gasteiger partial charge in [0, 0.05) is 19.3 Å². The van der Waals surface area contributed by atoms with E-state index in [1.807, 2.05) is 11.9 Å². The zero-order valence-corrected chi connectivity index (χ0v) is 17.4. The first-order valence-corrected chi connectivity index (χ1v) is 11.4. The smallest absolute Gasteiger partial charge is 0.244 e. The number of sulfone groups is 1. The van der Waals surface area contributed by atoms with Crippen molar-refractivity contribution < 1.29 is 22.3 Å². The molecule has 0 spiro atoms. The van der Waals surface area contributed by atoms with Crippen LogP contribution >= 0.6 is 0 Å². The number of rotatable bonds is 8. The standard InChI is InChI=1S/C21H25FN2O4S/c1-23(12-6-14-28-16-7-5-8-17(15-16)29(2,26)27)20-11-13-24(21(20)25)19-10-4-3-9-18(19)22/h3-5,7-10,15,20H,6,11-14H2,1-2H3. The Labute approximate surface area is 170 Å². The van der Waals surface area contributed by atoms with Gasteiger partial charge in [0.2, 0.25) is 5.91 Å². The van der Waals surface area contributed by atoms with Gasteiger partial charge in [0.15, 0.2) is 9.84 Å². The van der Waals surface area contributed by atoms with Crippen LogP contribution in [-0.4, -0.2) is 58.3 Å². The highest BCUT2D eigenvalue weighted by Crippen LogP contribution is 2.26. The SMILES string of the molecule is CN(CCCOc1cccc(S(C)(=O)=O)c1)C1CCN(c2ccccc2F)C1=O. The lowest BCUT2D eigenvalue weighted by molar-refractivity contribution is -0.121. The molecular formula is C21H25FN2O4S. The second-order valence-electron chi connectivity index (χ2n) is 7.18. The van der Waals surface area contributed by atoms with Crippen molar-refractivity contribution >= 4 is 21.4 Å². The first-order chi connectivity index (χ1) is 13.8. The number of carbonyl (C=O) groups excluding carboxylic acids is 1. The normalized spacial score (nSPS) is 17.2. The van der Waals surface area contributed by atoms with Crippen LogP contribution in [0, 0.1) is 5.82 Å². The largest absolute Gasteiger partial charge is 0.494 e. The summed E-state index contributed by atoms with van der Waals surface area (Å²) in [7, 11) is -1.40. The van der Waals surface area contributed by atoms with Gasteiger partial charge in [-0.2, -0.15) is 0 Å². The van der Waals surface area contributed by atoms with E-state index in [-0.39, 0.29) is 16.8 Å². The van der Waals surface area contributed by atoms with E-state index in [1.54, 1.807) is 30.3 Å². The zero-order chi connectivity index (χ0) is 21.0. The predicted molar refractivity (Wildman–Crippen MR) is 109 cm³/mol. The topological polar surface area (TPSA) is 66.9 Å². The lowest BCUT2D eigenvalue weighted by atomic mass is 10.2. The van der Waals surface area contributed by atoms with E-state index in [9.17, 15) is 17.6 Å². The first-order valence-electron chi connectivity index (χ1n) is 9.46. The van der Waals surface area contributed by atoms with Crippen molar-refractivity contribution in [1.82, 2.24) is 4.90 Å². The molecule has 0 radical (unpaired) electrons. The Balaban J connectivity index is 1.50. The molecule has 0 aromatic heterocycles. The summed E-state index contributed by atoms with van der Waals surface area (Å²) in [5, 5.41) is 0. The number of nitrogens with zero attached hydrogens (tertiary/aromatic N) is 2. The third kappa shape index (κ3) is 5.13. The zero-order valence-electron chi connectivity index (χ0n) is 16.5. The molecule has 2 aromatic carbocycles.